The van der Waals surface area contributed by atoms with E-state index in [2.05, 4.69) is 5.32 Å². The van der Waals surface area contributed by atoms with Gasteiger partial charge in [0, 0.05) is 24.3 Å². The Morgan fingerprint density at radius 3 is 2.48 bits per heavy atom. The minimum absolute atomic E-state index is 0.00418. The third kappa shape index (κ3) is 4.69. The lowest BCUT2D eigenvalue weighted by Crippen LogP contribution is -2.28. The maximum absolute atomic E-state index is 13.0. The first-order valence-electron chi connectivity index (χ1n) is 8.51. The topological polar surface area (TPSA) is 75.7 Å². The average molecular weight is 370 g/mol. The molecule has 0 spiro atoms. The number of benzene rings is 2. The fourth-order valence-corrected chi connectivity index (χ4v) is 2.82. The largest absolute Gasteiger partial charge is 0.455 e. The molecule has 2 amide bonds. The van der Waals surface area contributed by atoms with Gasteiger partial charge < -0.3 is 15.0 Å². The quantitative estimate of drug-likeness (QED) is 0.821. The highest BCUT2D eigenvalue weighted by Crippen LogP contribution is 2.26. The summed E-state index contributed by atoms with van der Waals surface area (Å²) >= 11 is 0. The highest BCUT2D eigenvalue weighted by Gasteiger charge is 2.36. The molecule has 1 N–H and O–H groups in total. The average Bonchev–Trinajstić information content (AvgIpc) is 3.04. The molecular formula is C20H19FN2O4. The lowest BCUT2D eigenvalue weighted by atomic mass is 10.1. The van der Waals surface area contributed by atoms with Crippen molar-refractivity contribution in [2.75, 3.05) is 23.4 Å². The molecule has 140 valence electrons. The Bertz CT molecular complexity index is 849. The third-order valence-electron chi connectivity index (χ3n) is 4.28. The van der Waals surface area contributed by atoms with Gasteiger partial charge in [-0.3, -0.25) is 14.4 Å². The molecule has 0 radical (unpaired) electrons. The highest BCUT2D eigenvalue weighted by atomic mass is 19.1. The summed E-state index contributed by atoms with van der Waals surface area (Å²) in [7, 11) is 0. The molecule has 2 aromatic rings. The molecule has 0 aromatic heterocycles. The molecular weight excluding hydrogens is 351 g/mol. The van der Waals surface area contributed by atoms with Gasteiger partial charge in [-0.15, -0.1) is 0 Å². The molecule has 1 aliphatic rings. The van der Waals surface area contributed by atoms with E-state index in [9.17, 15) is 18.8 Å². The molecule has 27 heavy (non-hydrogen) atoms. The van der Waals surface area contributed by atoms with E-state index in [1.54, 1.807) is 12.1 Å². The van der Waals surface area contributed by atoms with Gasteiger partial charge in [0.1, 0.15) is 5.82 Å². The minimum Gasteiger partial charge on any atom is -0.455 e. The monoisotopic (exact) mass is 370 g/mol. The van der Waals surface area contributed by atoms with E-state index < -0.39 is 30.2 Å². The maximum atomic E-state index is 13.0. The van der Waals surface area contributed by atoms with Crippen LogP contribution in [-0.2, 0) is 19.1 Å². The van der Waals surface area contributed by atoms with E-state index in [0.717, 1.165) is 5.56 Å². The number of carbonyl (C=O) groups is 3. The number of esters is 1. The van der Waals surface area contributed by atoms with Crippen molar-refractivity contribution in [2.24, 2.45) is 5.92 Å². The van der Waals surface area contributed by atoms with Crippen LogP contribution < -0.4 is 10.2 Å². The second-order valence-corrected chi connectivity index (χ2v) is 6.40. The Morgan fingerprint density at radius 1 is 1.15 bits per heavy atom. The van der Waals surface area contributed by atoms with Gasteiger partial charge in [-0.1, -0.05) is 17.7 Å². The van der Waals surface area contributed by atoms with Crippen molar-refractivity contribution in [1.29, 1.82) is 0 Å². The smallest absolute Gasteiger partial charge is 0.311 e. The van der Waals surface area contributed by atoms with Crippen LogP contribution in [0.3, 0.4) is 0 Å². The molecule has 3 rings (SSSR count). The van der Waals surface area contributed by atoms with Crippen LogP contribution in [0.1, 0.15) is 12.0 Å². The normalized spacial score (nSPS) is 16.3. The van der Waals surface area contributed by atoms with Crippen molar-refractivity contribution < 1.29 is 23.5 Å². The third-order valence-corrected chi connectivity index (χ3v) is 4.28. The van der Waals surface area contributed by atoms with Crippen molar-refractivity contribution in [3.63, 3.8) is 0 Å². The molecule has 0 saturated carbocycles. The Morgan fingerprint density at radius 2 is 1.81 bits per heavy atom. The lowest BCUT2D eigenvalue weighted by molar-refractivity contribution is -0.151. The van der Waals surface area contributed by atoms with Gasteiger partial charge >= 0.3 is 5.97 Å². The van der Waals surface area contributed by atoms with E-state index in [4.69, 9.17) is 4.74 Å². The summed E-state index contributed by atoms with van der Waals surface area (Å²) in [6.45, 7) is 1.66. The van der Waals surface area contributed by atoms with Gasteiger partial charge in [-0.2, -0.15) is 0 Å². The van der Waals surface area contributed by atoms with E-state index in [1.165, 1.54) is 29.2 Å². The minimum atomic E-state index is -0.658. The molecule has 0 bridgehead atoms. The number of hydrogen-bond acceptors (Lipinski definition) is 4. The molecule has 1 heterocycles. The van der Waals surface area contributed by atoms with Crippen molar-refractivity contribution in [1.82, 2.24) is 0 Å². The Labute approximate surface area is 155 Å². The number of ether oxygens (including phenoxy) is 1. The maximum Gasteiger partial charge on any atom is 0.311 e. The zero-order chi connectivity index (χ0) is 19.4. The molecule has 0 aliphatic carbocycles. The van der Waals surface area contributed by atoms with Crippen LogP contribution in [0.2, 0.25) is 0 Å². The second kappa shape index (κ2) is 7.99. The van der Waals surface area contributed by atoms with Crippen LogP contribution in [0, 0.1) is 18.7 Å². The molecule has 1 atom stereocenters. The summed E-state index contributed by atoms with van der Waals surface area (Å²) in [5.74, 6) is -2.36. The first-order valence-corrected chi connectivity index (χ1v) is 8.51. The number of anilines is 2. The summed E-state index contributed by atoms with van der Waals surface area (Å²) in [5.41, 5.74) is 2.20. The number of nitrogens with zero attached hydrogens (tertiary/aromatic N) is 1. The summed E-state index contributed by atoms with van der Waals surface area (Å²) in [6, 6.07) is 12.7. The Hall–Kier alpha value is -3.22. The van der Waals surface area contributed by atoms with Crippen molar-refractivity contribution in [3.8, 4) is 0 Å². The summed E-state index contributed by atoms with van der Waals surface area (Å²) in [5, 5.41) is 2.63. The zero-order valence-corrected chi connectivity index (χ0v) is 14.8. The van der Waals surface area contributed by atoms with Crippen LogP contribution in [0.25, 0.3) is 0 Å². The second-order valence-electron chi connectivity index (χ2n) is 6.40. The standard InChI is InChI=1S/C20H19FN2O4/c1-13-2-6-16(7-3-13)22-18(24)12-27-20(26)14-10-19(25)23(11-14)17-8-4-15(21)5-9-17/h2-9,14H,10-12H2,1H3,(H,22,24)/t14-/m1/s1. The first-order chi connectivity index (χ1) is 12.9. The van der Waals surface area contributed by atoms with Crippen LogP contribution in [0.15, 0.2) is 48.5 Å². The van der Waals surface area contributed by atoms with Crippen molar-refractivity contribution >= 4 is 29.2 Å². The fraction of sp³-hybridized carbons (Fsp3) is 0.250. The van der Waals surface area contributed by atoms with Crippen LogP contribution in [0.4, 0.5) is 15.8 Å². The van der Waals surface area contributed by atoms with Crippen LogP contribution >= 0.6 is 0 Å². The Balaban J connectivity index is 1.51. The zero-order valence-electron chi connectivity index (χ0n) is 14.8. The number of halogens is 1. The molecule has 1 fully saturated rings. The highest BCUT2D eigenvalue weighted by molar-refractivity contribution is 6.00. The van der Waals surface area contributed by atoms with Gasteiger partial charge in [0.2, 0.25) is 5.91 Å². The number of aryl methyl sites for hydroxylation is 1. The lowest BCUT2D eigenvalue weighted by Gasteiger charge is -2.16. The van der Waals surface area contributed by atoms with Crippen molar-refractivity contribution in [3.05, 3.63) is 59.9 Å². The van der Waals surface area contributed by atoms with Gasteiger partial charge in [0.25, 0.3) is 5.91 Å². The number of nitrogens with one attached hydrogen (secondary N) is 1. The number of amides is 2. The van der Waals surface area contributed by atoms with Gasteiger partial charge in [0.05, 0.1) is 5.92 Å². The molecule has 6 nitrogen and oxygen atoms in total. The molecule has 7 heteroatoms. The van der Waals surface area contributed by atoms with Crippen LogP contribution in [-0.4, -0.2) is 30.9 Å². The SMILES string of the molecule is Cc1ccc(NC(=O)COC(=O)[C@@H]2CC(=O)N(c3ccc(F)cc3)C2)cc1. The molecule has 1 saturated heterocycles. The molecule has 1 aliphatic heterocycles. The Kier molecular flexibility index (Phi) is 5.49. The number of rotatable bonds is 5. The predicted molar refractivity (Wildman–Crippen MR) is 97.6 cm³/mol. The summed E-state index contributed by atoms with van der Waals surface area (Å²) < 4.78 is 18.1. The summed E-state index contributed by atoms with van der Waals surface area (Å²) in [6.07, 6.45) is -0.00418. The number of hydrogen-bond donors (Lipinski definition) is 1. The van der Waals surface area contributed by atoms with Crippen LogP contribution in [0.5, 0.6) is 0 Å². The predicted octanol–water partition coefficient (Wildman–Crippen LogP) is 2.67. The van der Waals surface area contributed by atoms with Gasteiger partial charge in [-0.25, -0.2) is 4.39 Å². The van der Waals surface area contributed by atoms with E-state index in [1.807, 2.05) is 19.1 Å². The van der Waals surface area contributed by atoms with Gasteiger partial charge in [-0.05, 0) is 43.3 Å². The van der Waals surface area contributed by atoms with Crippen molar-refractivity contribution in [2.45, 2.75) is 13.3 Å². The van der Waals surface area contributed by atoms with E-state index in [0.29, 0.717) is 11.4 Å². The van der Waals surface area contributed by atoms with E-state index >= 15 is 0 Å². The summed E-state index contributed by atoms with van der Waals surface area (Å²) in [4.78, 5) is 37.6. The fourth-order valence-electron chi connectivity index (χ4n) is 2.82. The molecule has 0 unspecified atom stereocenters. The number of carbonyl (C=O) groups excluding carboxylic acids is 3. The molecule has 2 aromatic carbocycles. The first kappa shape index (κ1) is 18.6. The van der Waals surface area contributed by atoms with E-state index in [-0.39, 0.29) is 18.9 Å². The van der Waals surface area contributed by atoms with Gasteiger partial charge in [0.15, 0.2) is 6.61 Å².